The van der Waals surface area contributed by atoms with Crippen LogP contribution in [0.1, 0.15) is 0 Å². The van der Waals surface area contributed by atoms with Crippen molar-refractivity contribution in [2.45, 2.75) is 0 Å². The first-order valence-corrected chi connectivity index (χ1v) is 16.0. The highest BCUT2D eigenvalue weighted by Crippen LogP contribution is 2.41. The van der Waals surface area contributed by atoms with Gasteiger partial charge in [-0.3, -0.25) is 4.57 Å². The number of para-hydroxylation sites is 2. The molecule has 0 amide bonds. The third-order valence-electron chi connectivity index (χ3n) is 9.60. The van der Waals surface area contributed by atoms with E-state index in [9.17, 15) is 0 Å². The fourth-order valence-electron chi connectivity index (χ4n) is 7.52. The first-order valence-electron chi connectivity index (χ1n) is 16.0. The molecule has 0 aliphatic rings. The van der Waals surface area contributed by atoms with Crippen LogP contribution in [0.25, 0.3) is 93.4 Å². The summed E-state index contributed by atoms with van der Waals surface area (Å²) in [4.78, 5) is 10.7. The smallest absolute Gasteiger partial charge is 0.235 e. The molecule has 0 bridgehead atoms. The van der Waals surface area contributed by atoms with Crippen LogP contribution in [0.15, 0.2) is 164 Å². The van der Waals surface area contributed by atoms with E-state index in [0.717, 1.165) is 44.3 Å². The fraction of sp³-hybridized carbons (Fsp3) is 0. The van der Waals surface area contributed by atoms with E-state index in [1.165, 1.54) is 43.1 Å². The molecule has 0 aliphatic heterocycles. The van der Waals surface area contributed by atoms with E-state index in [0.29, 0.717) is 5.95 Å². The Morgan fingerprint density at radius 1 is 0.362 bits per heavy atom. The van der Waals surface area contributed by atoms with Crippen molar-refractivity contribution in [1.82, 2.24) is 14.5 Å². The van der Waals surface area contributed by atoms with Crippen LogP contribution < -0.4 is 0 Å². The molecule has 8 aromatic carbocycles. The van der Waals surface area contributed by atoms with Crippen LogP contribution in [-0.4, -0.2) is 14.5 Å². The monoisotopic (exact) mass is 597 g/mol. The Morgan fingerprint density at radius 2 is 1.00 bits per heavy atom. The number of benzene rings is 8. The number of nitrogens with zero attached hydrogens (tertiary/aromatic N) is 3. The molecular weight excluding hydrogens is 571 g/mol. The van der Waals surface area contributed by atoms with Gasteiger partial charge in [0.25, 0.3) is 0 Å². The lowest BCUT2D eigenvalue weighted by atomic mass is 9.94. The molecule has 2 aromatic heterocycles. The van der Waals surface area contributed by atoms with Gasteiger partial charge in [-0.15, -0.1) is 0 Å². The maximum Gasteiger partial charge on any atom is 0.235 e. The van der Waals surface area contributed by atoms with Crippen LogP contribution in [0.3, 0.4) is 0 Å². The topological polar surface area (TPSA) is 30.7 Å². The maximum atomic E-state index is 5.42. The van der Waals surface area contributed by atoms with E-state index in [4.69, 9.17) is 9.97 Å². The Balaban J connectivity index is 1.31. The minimum Gasteiger partial charge on any atom is -0.278 e. The zero-order valence-electron chi connectivity index (χ0n) is 25.4. The third kappa shape index (κ3) is 3.87. The number of fused-ring (bicyclic) bond motifs is 10. The minimum atomic E-state index is 0.665. The largest absolute Gasteiger partial charge is 0.278 e. The minimum absolute atomic E-state index is 0.665. The van der Waals surface area contributed by atoms with Gasteiger partial charge in [0.15, 0.2) is 0 Å². The molecule has 2 heterocycles. The highest BCUT2D eigenvalue weighted by Gasteiger charge is 2.20. The number of aromatic nitrogens is 3. The second kappa shape index (κ2) is 10.1. The van der Waals surface area contributed by atoms with Gasteiger partial charge in [-0.25, -0.2) is 9.97 Å². The lowest BCUT2D eigenvalue weighted by molar-refractivity contribution is 1.01. The first kappa shape index (κ1) is 26.0. The molecule has 0 saturated heterocycles. The number of hydrogen-bond acceptors (Lipinski definition) is 2. The fourth-order valence-corrected chi connectivity index (χ4v) is 7.52. The first-order chi connectivity index (χ1) is 23.3. The van der Waals surface area contributed by atoms with Crippen molar-refractivity contribution < 1.29 is 0 Å². The van der Waals surface area contributed by atoms with E-state index in [2.05, 4.69) is 168 Å². The SMILES string of the molecule is c1ccc(-c2ccccc2-c2nc(-n3c4ccccc4c4c5ccc6ccc7ccccc7c6c5ccc43)nc3ccccc23)cc1. The molecule has 3 nitrogen and oxygen atoms in total. The summed E-state index contributed by atoms with van der Waals surface area (Å²) in [5.41, 5.74) is 7.42. The molecule has 0 unspecified atom stereocenters. The van der Waals surface area contributed by atoms with Crippen molar-refractivity contribution in [3.63, 3.8) is 0 Å². The van der Waals surface area contributed by atoms with E-state index in [1.807, 2.05) is 0 Å². The van der Waals surface area contributed by atoms with Crippen LogP contribution >= 0.6 is 0 Å². The summed E-state index contributed by atoms with van der Waals surface area (Å²) in [5.74, 6) is 0.665. The summed E-state index contributed by atoms with van der Waals surface area (Å²) in [6, 6.07) is 58.3. The molecule has 0 aliphatic carbocycles. The van der Waals surface area contributed by atoms with Gasteiger partial charge in [0.1, 0.15) is 0 Å². The van der Waals surface area contributed by atoms with Gasteiger partial charge >= 0.3 is 0 Å². The molecule has 0 radical (unpaired) electrons. The van der Waals surface area contributed by atoms with Gasteiger partial charge in [0.2, 0.25) is 5.95 Å². The molecule has 0 fully saturated rings. The van der Waals surface area contributed by atoms with E-state index >= 15 is 0 Å². The highest BCUT2D eigenvalue weighted by atomic mass is 15.2. The average Bonchev–Trinajstić information content (AvgIpc) is 3.49. The summed E-state index contributed by atoms with van der Waals surface area (Å²) in [6.07, 6.45) is 0. The summed E-state index contributed by atoms with van der Waals surface area (Å²) in [7, 11) is 0. The molecule has 0 atom stereocenters. The summed E-state index contributed by atoms with van der Waals surface area (Å²) in [6.45, 7) is 0. The van der Waals surface area contributed by atoms with Gasteiger partial charge < -0.3 is 0 Å². The second-order valence-electron chi connectivity index (χ2n) is 12.2. The molecule has 0 saturated carbocycles. The van der Waals surface area contributed by atoms with Gasteiger partial charge in [-0.2, -0.15) is 0 Å². The molecule has 10 rings (SSSR count). The predicted octanol–water partition coefficient (Wildman–Crippen LogP) is 11.5. The summed E-state index contributed by atoms with van der Waals surface area (Å²) >= 11 is 0. The van der Waals surface area contributed by atoms with E-state index in [1.54, 1.807) is 0 Å². The van der Waals surface area contributed by atoms with Gasteiger partial charge in [-0.1, -0.05) is 146 Å². The van der Waals surface area contributed by atoms with Crippen molar-refractivity contribution in [2.75, 3.05) is 0 Å². The quantitative estimate of drug-likeness (QED) is 0.190. The standard InChI is InChI=1S/C44H27N3/c1-2-12-28(13-3-1)31-15-6-7-17-35(31)43-36-18-8-10-20-38(36)45-44(46-43)47-39-21-11-9-19-37(39)42-34-25-24-30-23-22-29-14-4-5-16-32(29)41(30)33(34)26-27-40(42)47/h1-27H. The Bertz CT molecular complexity index is 2850. The zero-order valence-corrected chi connectivity index (χ0v) is 25.4. The van der Waals surface area contributed by atoms with Crippen LogP contribution in [0, 0.1) is 0 Å². The zero-order chi connectivity index (χ0) is 30.9. The highest BCUT2D eigenvalue weighted by molar-refractivity contribution is 6.29. The van der Waals surface area contributed by atoms with Crippen molar-refractivity contribution >= 4 is 65.0 Å². The van der Waals surface area contributed by atoms with Gasteiger partial charge in [0, 0.05) is 21.7 Å². The summed E-state index contributed by atoms with van der Waals surface area (Å²) in [5, 5.41) is 11.0. The number of rotatable bonds is 3. The van der Waals surface area contributed by atoms with Crippen molar-refractivity contribution in [3.8, 4) is 28.3 Å². The molecule has 47 heavy (non-hydrogen) atoms. The molecule has 0 spiro atoms. The molecule has 3 heteroatoms. The Morgan fingerprint density at radius 3 is 1.89 bits per heavy atom. The van der Waals surface area contributed by atoms with Crippen LogP contribution in [0.5, 0.6) is 0 Å². The molecule has 0 N–H and O–H groups in total. The normalized spacial score (nSPS) is 11.8. The third-order valence-corrected chi connectivity index (χ3v) is 9.60. The second-order valence-corrected chi connectivity index (χ2v) is 12.2. The summed E-state index contributed by atoms with van der Waals surface area (Å²) < 4.78 is 2.25. The lowest BCUT2D eigenvalue weighted by Gasteiger charge is -2.15. The molecule has 218 valence electrons. The van der Waals surface area contributed by atoms with Crippen LogP contribution in [-0.2, 0) is 0 Å². The van der Waals surface area contributed by atoms with Crippen LogP contribution in [0.2, 0.25) is 0 Å². The van der Waals surface area contributed by atoms with Gasteiger partial charge in [-0.05, 0) is 61.6 Å². The Kier molecular flexibility index (Phi) is 5.57. The van der Waals surface area contributed by atoms with Gasteiger partial charge in [0.05, 0.1) is 22.2 Å². The molecule has 10 aromatic rings. The maximum absolute atomic E-state index is 5.42. The van der Waals surface area contributed by atoms with E-state index in [-0.39, 0.29) is 0 Å². The van der Waals surface area contributed by atoms with E-state index < -0.39 is 0 Å². The Labute approximate surface area is 271 Å². The van der Waals surface area contributed by atoms with Crippen molar-refractivity contribution in [3.05, 3.63) is 164 Å². The van der Waals surface area contributed by atoms with Crippen molar-refractivity contribution in [1.29, 1.82) is 0 Å². The lowest BCUT2D eigenvalue weighted by Crippen LogP contribution is -2.03. The molecular formula is C44H27N3. The Hall–Kier alpha value is -6.32. The predicted molar refractivity (Wildman–Crippen MR) is 197 cm³/mol. The number of hydrogen-bond donors (Lipinski definition) is 0. The van der Waals surface area contributed by atoms with Crippen molar-refractivity contribution in [2.24, 2.45) is 0 Å². The van der Waals surface area contributed by atoms with Crippen LogP contribution in [0.4, 0.5) is 0 Å². The average molecular weight is 598 g/mol.